The first kappa shape index (κ1) is 13.0. The molecular formula is C14H14BrNO2S. The predicted molar refractivity (Wildman–Crippen MR) is 79.8 cm³/mol. The zero-order valence-electron chi connectivity index (χ0n) is 10.5. The molecule has 0 bridgehead atoms. The van der Waals surface area contributed by atoms with Crippen LogP contribution in [0.15, 0.2) is 34.1 Å². The fourth-order valence-electron chi connectivity index (χ4n) is 2.00. The molecule has 3 nitrogen and oxygen atoms in total. The summed E-state index contributed by atoms with van der Waals surface area (Å²) in [6.07, 6.45) is 0. The van der Waals surface area contributed by atoms with Gasteiger partial charge < -0.3 is 14.8 Å². The number of fused-ring (bicyclic) bond motifs is 1. The average Bonchev–Trinajstić information content (AvgIpc) is 3.03. The van der Waals surface area contributed by atoms with Crippen LogP contribution < -0.4 is 14.8 Å². The number of rotatable bonds is 4. The standard InChI is InChI=1S/C14H14BrNO2S/c1-9(16-7-14-11(15)4-5-19-14)10-2-3-12-13(6-10)18-8-17-12/h2-6,9,16H,7-8H2,1H3. The van der Waals surface area contributed by atoms with Crippen molar-refractivity contribution >= 4 is 27.3 Å². The maximum absolute atomic E-state index is 5.40. The zero-order chi connectivity index (χ0) is 13.2. The topological polar surface area (TPSA) is 30.5 Å². The number of ether oxygens (including phenoxy) is 2. The van der Waals surface area contributed by atoms with Crippen LogP contribution in [0.2, 0.25) is 0 Å². The SMILES string of the molecule is CC(NCc1sccc1Br)c1ccc2c(c1)OCO2. The lowest BCUT2D eigenvalue weighted by atomic mass is 10.1. The molecule has 1 atom stereocenters. The number of hydrogen-bond acceptors (Lipinski definition) is 4. The molecule has 0 saturated heterocycles. The van der Waals surface area contributed by atoms with Crippen molar-refractivity contribution in [1.29, 1.82) is 0 Å². The number of thiophene rings is 1. The van der Waals surface area contributed by atoms with Gasteiger partial charge in [0.2, 0.25) is 6.79 Å². The molecule has 0 amide bonds. The molecule has 0 saturated carbocycles. The molecule has 1 aromatic heterocycles. The lowest BCUT2D eigenvalue weighted by Gasteiger charge is -2.14. The molecule has 0 fully saturated rings. The number of hydrogen-bond donors (Lipinski definition) is 1. The molecule has 2 heterocycles. The molecule has 3 rings (SSSR count). The second-order valence-electron chi connectivity index (χ2n) is 4.41. The molecule has 1 aliphatic rings. The van der Waals surface area contributed by atoms with Gasteiger partial charge in [-0.1, -0.05) is 6.07 Å². The smallest absolute Gasteiger partial charge is 0.231 e. The Morgan fingerprint density at radius 1 is 1.32 bits per heavy atom. The van der Waals surface area contributed by atoms with Gasteiger partial charge in [0.05, 0.1) is 0 Å². The highest BCUT2D eigenvalue weighted by atomic mass is 79.9. The van der Waals surface area contributed by atoms with Gasteiger partial charge in [-0.2, -0.15) is 0 Å². The summed E-state index contributed by atoms with van der Waals surface area (Å²) in [6.45, 7) is 3.33. The van der Waals surface area contributed by atoms with Crippen molar-refractivity contribution in [3.63, 3.8) is 0 Å². The summed E-state index contributed by atoms with van der Waals surface area (Å²) in [5.41, 5.74) is 1.21. The van der Waals surface area contributed by atoms with E-state index in [9.17, 15) is 0 Å². The minimum Gasteiger partial charge on any atom is -0.454 e. The minimum absolute atomic E-state index is 0.267. The first-order valence-corrected chi connectivity index (χ1v) is 7.76. The van der Waals surface area contributed by atoms with E-state index >= 15 is 0 Å². The van der Waals surface area contributed by atoms with Crippen LogP contribution >= 0.6 is 27.3 Å². The van der Waals surface area contributed by atoms with Gasteiger partial charge in [0.1, 0.15) is 0 Å². The minimum atomic E-state index is 0.267. The Balaban J connectivity index is 1.67. The highest BCUT2D eigenvalue weighted by Crippen LogP contribution is 2.34. The molecule has 0 radical (unpaired) electrons. The van der Waals surface area contributed by atoms with Gasteiger partial charge in [0.15, 0.2) is 11.5 Å². The van der Waals surface area contributed by atoms with Crippen molar-refractivity contribution < 1.29 is 9.47 Å². The Bertz CT molecular complexity index is 585. The molecule has 1 aliphatic heterocycles. The first-order chi connectivity index (χ1) is 9.24. The highest BCUT2D eigenvalue weighted by Gasteiger charge is 2.15. The van der Waals surface area contributed by atoms with E-state index in [1.54, 1.807) is 11.3 Å². The van der Waals surface area contributed by atoms with E-state index in [-0.39, 0.29) is 6.04 Å². The number of benzene rings is 1. The van der Waals surface area contributed by atoms with Crippen LogP contribution in [0.25, 0.3) is 0 Å². The van der Waals surface area contributed by atoms with E-state index in [1.165, 1.54) is 14.9 Å². The first-order valence-electron chi connectivity index (χ1n) is 6.09. The molecule has 0 spiro atoms. The number of halogens is 1. The maximum Gasteiger partial charge on any atom is 0.231 e. The predicted octanol–water partition coefficient (Wildman–Crippen LogP) is 4.09. The van der Waals surface area contributed by atoms with E-state index < -0.39 is 0 Å². The molecule has 1 N–H and O–H groups in total. The van der Waals surface area contributed by atoms with Crippen LogP contribution in [0.3, 0.4) is 0 Å². The fraction of sp³-hybridized carbons (Fsp3) is 0.286. The summed E-state index contributed by atoms with van der Waals surface area (Å²) in [5.74, 6) is 1.67. The summed E-state index contributed by atoms with van der Waals surface area (Å²) in [7, 11) is 0. The van der Waals surface area contributed by atoms with E-state index in [0.717, 1.165) is 18.0 Å². The van der Waals surface area contributed by atoms with Crippen LogP contribution in [0.1, 0.15) is 23.4 Å². The van der Waals surface area contributed by atoms with Gasteiger partial charge in [-0.05, 0) is 52.0 Å². The van der Waals surface area contributed by atoms with Gasteiger partial charge in [0.25, 0.3) is 0 Å². The monoisotopic (exact) mass is 339 g/mol. The molecule has 2 aromatic rings. The summed E-state index contributed by atoms with van der Waals surface area (Å²) >= 11 is 5.30. The largest absolute Gasteiger partial charge is 0.454 e. The Labute approximate surface area is 124 Å². The fourth-order valence-corrected chi connectivity index (χ4v) is 3.44. The van der Waals surface area contributed by atoms with E-state index in [4.69, 9.17) is 9.47 Å². The van der Waals surface area contributed by atoms with Crippen LogP contribution in [0.4, 0.5) is 0 Å². The summed E-state index contributed by atoms with van der Waals surface area (Å²) in [5, 5.41) is 5.61. The zero-order valence-corrected chi connectivity index (χ0v) is 12.9. The lowest BCUT2D eigenvalue weighted by Crippen LogP contribution is -2.17. The van der Waals surface area contributed by atoms with E-state index in [0.29, 0.717) is 6.79 Å². The maximum atomic E-state index is 5.40. The van der Waals surface area contributed by atoms with Crippen molar-refractivity contribution in [1.82, 2.24) is 5.32 Å². The molecule has 0 aliphatic carbocycles. The van der Waals surface area contributed by atoms with Crippen molar-refractivity contribution in [2.24, 2.45) is 0 Å². The van der Waals surface area contributed by atoms with Gasteiger partial charge in [-0.15, -0.1) is 11.3 Å². The molecule has 1 aromatic carbocycles. The molecule has 1 unspecified atom stereocenters. The van der Waals surface area contributed by atoms with Gasteiger partial charge in [0, 0.05) is 21.9 Å². The van der Waals surface area contributed by atoms with Crippen LogP contribution in [0, 0.1) is 0 Å². The Kier molecular flexibility index (Phi) is 3.77. The third-order valence-corrected chi connectivity index (χ3v) is 5.08. The second kappa shape index (κ2) is 5.53. The summed E-state index contributed by atoms with van der Waals surface area (Å²) in [4.78, 5) is 1.31. The van der Waals surface area contributed by atoms with Crippen LogP contribution in [-0.4, -0.2) is 6.79 Å². The Morgan fingerprint density at radius 2 is 2.16 bits per heavy atom. The highest BCUT2D eigenvalue weighted by molar-refractivity contribution is 9.10. The third-order valence-electron chi connectivity index (χ3n) is 3.16. The van der Waals surface area contributed by atoms with E-state index in [2.05, 4.69) is 45.7 Å². The Hall–Kier alpha value is -1.04. The average molecular weight is 340 g/mol. The van der Waals surface area contributed by atoms with Crippen LogP contribution in [-0.2, 0) is 6.54 Å². The van der Waals surface area contributed by atoms with Crippen molar-refractivity contribution in [2.75, 3.05) is 6.79 Å². The number of nitrogens with one attached hydrogen (secondary N) is 1. The van der Waals surface area contributed by atoms with Gasteiger partial charge in [-0.3, -0.25) is 0 Å². The molecule has 100 valence electrons. The Morgan fingerprint density at radius 3 is 2.95 bits per heavy atom. The van der Waals surface area contributed by atoms with Crippen LogP contribution in [0.5, 0.6) is 11.5 Å². The third kappa shape index (κ3) is 2.78. The van der Waals surface area contributed by atoms with Crippen molar-refractivity contribution in [2.45, 2.75) is 19.5 Å². The van der Waals surface area contributed by atoms with E-state index in [1.807, 2.05) is 12.1 Å². The van der Waals surface area contributed by atoms with Crippen molar-refractivity contribution in [3.05, 3.63) is 44.6 Å². The summed E-state index contributed by atoms with van der Waals surface area (Å²) < 4.78 is 11.9. The van der Waals surface area contributed by atoms with Gasteiger partial charge in [-0.25, -0.2) is 0 Å². The quantitative estimate of drug-likeness (QED) is 0.909. The van der Waals surface area contributed by atoms with Gasteiger partial charge >= 0.3 is 0 Å². The second-order valence-corrected chi connectivity index (χ2v) is 6.26. The normalized spacial score (nSPS) is 14.6. The molecule has 5 heteroatoms. The molecular weight excluding hydrogens is 326 g/mol. The lowest BCUT2D eigenvalue weighted by molar-refractivity contribution is 0.174. The summed E-state index contributed by atoms with van der Waals surface area (Å²) in [6, 6.07) is 8.44. The van der Waals surface area contributed by atoms with Crippen molar-refractivity contribution in [3.8, 4) is 11.5 Å². The molecule has 19 heavy (non-hydrogen) atoms.